The smallest absolute Gasteiger partial charge is 0.196 e. The zero-order valence-electron chi connectivity index (χ0n) is 8.64. The van der Waals surface area contributed by atoms with Gasteiger partial charge in [-0.25, -0.2) is 14.4 Å². The summed E-state index contributed by atoms with van der Waals surface area (Å²) in [4.78, 5) is 19.4. The third-order valence-corrected chi connectivity index (χ3v) is 2.13. The van der Waals surface area contributed by atoms with Crippen LogP contribution in [0.25, 0.3) is 0 Å². The number of hydrogen-bond acceptors (Lipinski definition) is 3. The molecule has 1 aromatic heterocycles. The fourth-order valence-corrected chi connectivity index (χ4v) is 1.45. The number of rotatable bonds is 2. The average Bonchev–Trinajstić information content (AvgIpc) is 2.28. The largest absolute Gasteiger partial charge is 0.288 e. The van der Waals surface area contributed by atoms with Crippen molar-refractivity contribution in [3.8, 4) is 0 Å². The summed E-state index contributed by atoms with van der Waals surface area (Å²) in [6, 6.07) is 4.22. The summed E-state index contributed by atoms with van der Waals surface area (Å²) >= 11 is 0. The van der Waals surface area contributed by atoms with Crippen LogP contribution in [-0.2, 0) is 0 Å². The van der Waals surface area contributed by atoms with Gasteiger partial charge in [0.2, 0.25) is 0 Å². The van der Waals surface area contributed by atoms with Crippen molar-refractivity contribution >= 4 is 5.78 Å². The molecule has 0 spiro atoms. The predicted molar refractivity (Wildman–Crippen MR) is 56.6 cm³/mol. The van der Waals surface area contributed by atoms with E-state index in [1.165, 1.54) is 30.9 Å². The average molecular weight is 216 g/mol. The quantitative estimate of drug-likeness (QED) is 0.722. The number of nitrogens with zero attached hydrogens (tertiary/aromatic N) is 2. The van der Waals surface area contributed by atoms with E-state index < -0.39 is 5.82 Å². The highest BCUT2D eigenvalue weighted by Gasteiger charge is 2.10. The van der Waals surface area contributed by atoms with E-state index in [4.69, 9.17) is 0 Å². The van der Waals surface area contributed by atoms with Crippen LogP contribution in [0.1, 0.15) is 21.5 Å². The Morgan fingerprint density at radius 2 is 1.81 bits per heavy atom. The van der Waals surface area contributed by atoms with Crippen LogP contribution in [0.2, 0.25) is 0 Å². The molecule has 0 bridgehead atoms. The maximum Gasteiger partial charge on any atom is 0.196 e. The summed E-state index contributed by atoms with van der Waals surface area (Å²) in [5.41, 5.74) is 1.37. The first-order chi connectivity index (χ1) is 7.66. The van der Waals surface area contributed by atoms with E-state index >= 15 is 0 Å². The Bertz CT molecular complexity index is 506. The number of aryl methyl sites for hydroxylation is 1. The van der Waals surface area contributed by atoms with E-state index in [2.05, 4.69) is 9.97 Å². The third kappa shape index (κ3) is 2.11. The first kappa shape index (κ1) is 10.4. The molecule has 1 heterocycles. The molecule has 0 N–H and O–H groups in total. The molecule has 2 rings (SSSR count). The van der Waals surface area contributed by atoms with Gasteiger partial charge in [-0.2, -0.15) is 0 Å². The number of benzene rings is 1. The topological polar surface area (TPSA) is 42.9 Å². The van der Waals surface area contributed by atoms with Crippen LogP contribution in [0.15, 0.2) is 36.9 Å². The molecule has 1 aromatic carbocycles. The predicted octanol–water partition coefficient (Wildman–Crippen LogP) is 2.16. The second-order valence-electron chi connectivity index (χ2n) is 3.47. The van der Waals surface area contributed by atoms with Crippen molar-refractivity contribution in [3.63, 3.8) is 0 Å². The molecule has 0 radical (unpaired) electrons. The van der Waals surface area contributed by atoms with E-state index in [1.54, 1.807) is 13.0 Å². The van der Waals surface area contributed by atoms with Crippen LogP contribution in [0.5, 0.6) is 0 Å². The number of hydrogen-bond donors (Lipinski definition) is 0. The van der Waals surface area contributed by atoms with Gasteiger partial charge in [0.05, 0.1) is 5.56 Å². The molecule has 0 aliphatic heterocycles. The molecule has 4 heteroatoms. The van der Waals surface area contributed by atoms with Crippen LogP contribution < -0.4 is 0 Å². The van der Waals surface area contributed by atoms with Gasteiger partial charge in [-0.05, 0) is 30.7 Å². The molecule has 0 unspecified atom stereocenters. The van der Waals surface area contributed by atoms with Gasteiger partial charge in [0.1, 0.15) is 12.1 Å². The monoisotopic (exact) mass is 216 g/mol. The minimum Gasteiger partial charge on any atom is -0.288 e. The van der Waals surface area contributed by atoms with Crippen LogP contribution >= 0.6 is 0 Å². The second-order valence-corrected chi connectivity index (χ2v) is 3.47. The van der Waals surface area contributed by atoms with Gasteiger partial charge in [-0.1, -0.05) is 0 Å². The second kappa shape index (κ2) is 4.18. The Morgan fingerprint density at radius 3 is 2.44 bits per heavy atom. The van der Waals surface area contributed by atoms with Crippen molar-refractivity contribution < 1.29 is 9.18 Å². The Labute approximate surface area is 92.0 Å². The van der Waals surface area contributed by atoms with Crippen molar-refractivity contribution in [1.82, 2.24) is 9.97 Å². The molecular formula is C12H9FN2O. The van der Waals surface area contributed by atoms with Crippen LogP contribution in [0.4, 0.5) is 4.39 Å². The zero-order valence-corrected chi connectivity index (χ0v) is 8.64. The molecule has 0 aliphatic rings. The summed E-state index contributed by atoms with van der Waals surface area (Å²) in [7, 11) is 0. The van der Waals surface area contributed by atoms with Crippen molar-refractivity contribution in [2.24, 2.45) is 0 Å². The minimum absolute atomic E-state index is 0.275. The summed E-state index contributed by atoms with van der Waals surface area (Å²) in [6.45, 7) is 1.74. The standard InChI is InChI=1S/C12H9FN2O/c1-8-2-9(4-11(13)3-8)12(16)10-5-14-7-15-6-10/h2-7H,1H3. The van der Waals surface area contributed by atoms with Crippen molar-refractivity contribution in [2.75, 3.05) is 0 Å². The lowest BCUT2D eigenvalue weighted by Gasteiger charge is -2.02. The molecule has 0 fully saturated rings. The summed E-state index contributed by atoms with van der Waals surface area (Å²) in [6.07, 6.45) is 4.17. The van der Waals surface area contributed by atoms with Crippen LogP contribution in [-0.4, -0.2) is 15.8 Å². The van der Waals surface area contributed by atoms with E-state index in [-0.39, 0.29) is 5.78 Å². The number of carbonyl (C=O) groups is 1. The Kier molecular flexibility index (Phi) is 2.72. The van der Waals surface area contributed by atoms with Gasteiger partial charge in [-0.15, -0.1) is 0 Å². The van der Waals surface area contributed by atoms with Crippen LogP contribution in [0.3, 0.4) is 0 Å². The SMILES string of the molecule is Cc1cc(F)cc(C(=O)c2cncnc2)c1. The lowest BCUT2D eigenvalue weighted by Crippen LogP contribution is -2.03. The number of ketones is 1. The van der Waals surface area contributed by atoms with Gasteiger partial charge >= 0.3 is 0 Å². The molecule has 0 saturated heterocycles. The van der Waals surface area contributed by atoms with Gasteiger partial charge in [0.25, 0.3) is 0 Å². The molecule has 2 aromatic rings. The van der Waals surface area contributed by atoms with Crippen molar-refractivity contribution in [2.45, 2.75) is 6.92 Å². The molecule has 3 nitrogen and oxygen atoms in total. The summed E-state index contributed by atoms with van der Waals surface area (Å²) < 4.78 is 13.1. The van der Waals surface area contributed by atoms with E-state index in [1.807, 2.05) is 0 Å². The molecular weight excluding hydrogens is 207 g/mol. The van der Waals surface area contributed by atoms with E-state index in [9.17, 15) is 9.18 Å². The Hall–Kier alpha value is -2.10. The molecule has 80 valence electrons. The fourth-order valence-electron chi connectivity index (χ4n) is 1.45. The fraction of sp³-hybridized carbons (Fsp3) is 0.0833. The molecule has 0 aliphatic carbocycles. The third-order valence-electron chi connectivity index (χ3n) is 2.13. The number of carbonyl (C=O) groups excluding carboxylic acids is 1. The molecule has 16 heavy (non-hydrogen) atoms. The van der Waals surface area contributed by atoms with Gasteiger partial charge in [-0.3, -0.25) is 4.79 Å². The van der Waals surface area contributed by atoms with Crippen LogP contribution in [0, 0.1) is 12.7 Å². The molecule has 0 atom stereocenters. The highest BCUT2D eigenvalue weighted by molar-refractivity contribution is 6.08. The minimum atomic E-state index is -0.416. The highest BCUT2D eigenvalue weighted by Crippen LogP contribution is 2.12. The van der Waals surface area contributed by atoms with Crippen molar-refractivity contribution in [1.29, 1.82) is 0 Å². The number of halogens is 1. The van der Waals surface area contributed by atoms with E-state index in [0.29, 0.717) is 16.7 Å². The normalized spacial score (nSPS) is 10.1. The summed E-state index contributed by atoms with van der Waals surface area (Å²) in [5.74, 6) is -0.691. The lowest BCUT2D eigenvalue weighted by atomic mass is 10.0. The van der Waals surface area contributed by atoms with E-state index in [0.717, 1.165) is 0 Å². The first-order valence-electron chi connectivity index (χ1n) is 4.74. The maximum absolute atomic E-state index is 13.1. The maximum atomic E-state index is 13.1. The molecule has 0 amide bonds. The lowest BCUT2D eigenvalue weighted by molar-refractivity contribution is 0.103. The van der Waals surface area contributed by atoms with Gasteiger partial charge in [0, 0.05) is 18.0 Å². The van der Waals surface area contributed by atoms with Crippen molar-refractivity contribution in [3.05, 3.63) is 59.4 Å². The summed E-state index contributed by atoms with van der Waals surface area (Å²) in [5, 5.41) is 0. The highest BCUT2D eigenvalue weighted by atomic mass is 19.1. The molecule has 0 saturated carbocycles. The Morgan fingerprint density at radius 1 is 1.12 bits per heavy atom. The first-order valence-corrected chi connectivity index (χ1v) is 4.74. The van der Waals surface area contributed by atoms with Gasteiger partial charge in [0.15, 0.2) is 5.78 Å². The number of aromatic nitrogens is 2. The zero-order chi connectivity index (χ0) is 11.5. The van der Waals surface area contributed by atoms with Gasteiger partial charge < -0.3 is 0 Å². The Balaban J connectivity index is 2.42.